The van der Waals surface area contributed by atoms with Crippen molar-refractivity contribution in [1.29, 1.82) is 5.26 Å². The van der Waals surface area contributed by atoms with Gasteiger partial charge in [-0.25, -0.2) is 0 Å². The third kappa shape index (κ3) is 1.29. The minimum Gasteiger partial charge on any atom is -0.357 e. The van der Waals surface area contributed by atoms with Crippen molar-refractivity contribution < 1.29 is 0 Å². The summed E-state index contributed by atoms with van der Waals surface area (Å²) in [6.45, 7) is 1.89. The lowest BCUT2D eigenvalue weighted by Crippen LogP contribution is -1.87. The van der Waals surface area contributed by atoms with Gasteiger partial charge in [0.05, 0.1) is 12.0 Å². The van der Waals surface area contributed by atoms with Crippen molar-refractivity contribution in [2.45, 2.75) is 12.8 Å². The molecule has 0 fully saturated rings. The number of nitrogens with zero attached hydrogens (tertiary/aromatic N) is 1. The molecule has 1 N–H and O–H groups in total. The summed E-state index contributed by atoms with van der Waals surface area (Å²) in [5, 5.41) is 9.91. The first-order chi connectivity index (χ1) is 6.31. The largest absolute Gasteiger partial charge is 0.357 e. The number of hydrogen-bond acceptors (Lipinski definition) is 1. The smallest absolute Gasteiger partial charge is 0.0834 e. The second-order valence-electron chi connectivity index (χ2n) is 3.16. The van der Waals surface area contributed by atoms with E-state index in [2.05, 4.69) is 11.1 Å². The topological polar surface area (TPSA) is 39.6 Å². The molecular weight excluding hydrogens is 160 g/mol. The Morgan fingerprint density at radius 2 is 2.15 bits per heavy atom. The standard InChI is InChI=1S/C11H10N2/c1-8(7-12)11-6-9-4-2-3-5-10(9)13-11/h2-6,8,13H,1H3/t8-/m1/s1. The van der Waals surface area contributed by atoms with Crippen LogP contribution in [-0.2, 0) is 0 Å². The van der Waals surface area contributed by atoms with Gasteiger partial charge in [-0.15, -0.1) is 0 Å². The number of para-hydroxylation sites is 1. The van der Waals surface area contributed by atoms with E-state index in [0.29, 0.717) is 0 Å². The van der Waals surface area contributed by atoms with Crippen LogP contribution in [0.1, 0.15) is 18.5 Å². The zero-order chi connectivity index (χ0) is 9.26. The van der Waals surface area contributed by atoms with Crippen molar-refractivity contribution in [2.24, 2.45) is 0 Å². The number of aromatic amines is 1. The van der Waals surface area contributed by atoms with E-state index in [9.17, 15) is 0 Å². The molecule has 2 aromatic rings. The molecule has 0 amide bonds. The summed E-state index contributed by atoms with van der Waals surface area (Å²) in [5.74, 6) is -0.0626. The van der Waals surface area contributed by atoms with Crippen LogP contribution in [0.15, 0.2) is 30.3 Å². The second kappa shape index (κ2) is 2.95. The van der Waals surface area contributed by atoms with E-state index in [1.165, 1.54) is 5.39 Å². The van der Waals surface area contributed by atoms with Gasteiger partial charge in [-0.2, -0.15) is 5.26 Å². The van der Waals surface area contributed by atoms with Gasteiger partial charge >= 0.3 is 0 Å². The Balaban J connectivity index is 2.57. The second-order valence-corrected chi connectivity index (χ2v) is 3.16. The summed E-state index contributed by atoms with van der Waals surface area (Å²) in [7, 11) is 0. The molecule has 2 heteroatoms. The molecule has 0 saturated carbocycles. The average Bonchev–Trinajstić information content (AvgIpc) is 2.59. The zero-order valence-corrected chi connectivity index (χ0v) is 7.41. The summed E-state index contributed by atoms with van der Waals surface area (Å²) < 4.78 is 0. The Kier molecular flexibility index (Phi) is 1.79. The van der Waals surface area contributed by atoms with E-state index < -0.39 is 0 Å². The normalized spacial score (nSPS) is 12.6. The van der Waals surface area contributed by atoms with Gasteiger partial charge in [-0.1, -0.05) is 18.2 Å². The highest BCUT2D eigenvalue weighted by Crippen LogP contribution is 2.20. The first-order valence-electron chi connectivity index (χ1n) is 4.28. The Morgan fingerprint density at radius 3 is 2.85 bits per heavy atom. The van der Waals surface area contributed by atoms with Gasteiger partial charge in [-0.05, 0) is 24.4 Å². The number of benzene rings is 1. The number of fused-ring (bicyclic) bond motifs is 1. The SMILES string of the molecule is C[C@H](C#N)c1cc2ccccc2[nH]1. The van der Waals surface area contributed by atoms with Crippen LogP contribution in [0.5, 0.6) is 0 Å². The molecule has 0 spiro atoms. The molecule has 0 aliphatic heterocycles. The van der Waals surface area contributed by atoms with E-state index in [-0.39, 0.29) is 5.92 Å². The number of rotatable bonds is 1. The summed E-state index contributed by atoms with van der Waals surface area (Å²) in [6.07, 6.45) is 0. The van der Waals surface area contributed by atoms with Gasteiger partial charge in [0.15, 0.2) is 0 Å². The van der Waals surface area contributed by atoms with Crippen LogP contribution in [0.4, 0.5) is 0 Å². The average molecular weight is 170 g/mol. The first kappa shape index (κ1) is 7.88. The maximum Gasteiger partial charge on any atom is 0.0834 e. The van der Waals surface area contributed by atoms with Gasteiger partial charge in [0.1, 0.15) is 0 Å². The maximum atomic E-state index is 8.74. The van der Waals surface area contributed by atoms with Gasteiger partial charge in [0, 0.05) is 11.2 Å². The van der Waals surface area contributed by atoms with Gasteiger partial charge in [0.2, 0.25) is 0 Å². The molecule has 1 atom stereocenters. The van der Waals surface area contributed by atoms with Crippen LogP contribution < -0.4 is 0 Å². The number of aromatic nitrogens is 1. The minimum atomic E-state index is -0.0626. The summed E-state index contributed by atoms with van der Waals surface area (Å²) in [4.78, 5) is 3.22. The summed E-state index contributed by atoms with van der Waals surface area (Å²) >= 11 is 0. The van der Waals surface area contributed by atoms with E-state index in [1.54, 1.807) is 0 Å². The Hall–Kier alpha value is -1.75. The van der Waals surface area contributed by atoms with E-state index in [1.807, 2.05) is 37.3 Å². The van der Waals surface area contributed by atoms with Gasteiger partial charge in [0.25, 0.3) is 0 Å². The predicted molar refractivity (Wildman–Crippen MR) is 52.3 cm³/mol. The van der Waals surface area contributed by atoms with Crippen molar-refractivity contribution >= 4 is 10.9 Å². The molecule has 0 saturated heterocycles. The molecule has 0 aliphatic rings. The van der Waals surface area contributed by atoms with Crippen molar-refractivity contribution in [3.63, 3.8) is 0 Å². The third-order valence-corrected chi connectivity index (χ3v) is 2.21. The highest BCUT2D eigenvalue weighted by atomic mass is 14.7. The number of nitrogens with one attached hydrogen (secondary N) is 1. The van der Waals surface area contributed by atoms with E-state index in [4.69, 9.17) is 5.26 Å². The van der Waals surface area contributed by atoms with Crippen LogP contribution in [0, 0.1) is 11.3 Å². The van der Waals surface area contributed by atoms with E-state index >= 15 is 0 Å². The zero-order valence-electron chi connectivity index (χ0n) is 7.41. The molecule has 1 heterocycles. The maximum absolute atomic E-state index is 8.74. The lowest BCUT2D eigenvalue weighted by Gasteiger charge is -1.94. The molecule has 0 radical (unpaired) electrons. The molecular formula is C11H10N2. The van der Waals surface area contributed by atoms with Crippen molar-refractivity contribution in [2.75, 3.05) is 0 Å². The Bertz CT molecular complexity index is 429. The van der Waals surface area contributed by atoms with Crippen molar-refractivity contribution in [3.8, 4) is 6.07 Å². The quantitative estimate of drug-likeness (QED) is 0.702. The van der Waals surface area contributed by atoms with Crippen LogP contribution in [0.2, 0.25) is 0 Å². The Labute approximate surface area is 76.8 Å². The molecule has 1 aromatic heterocycles. The first-order valence-corrected chi connectivity index (χ1v) is 4.28. The Morgan fingerprint density at radius 1 is 1.38 bits per heavy atom. The molecule has 0 aliphatic carbocycles. The lowest BCUT2D eigenvalue weighted by atomic mass is 10.1. The summed E-state index contributed by atoms with van der Waals surface area (Å²) in [6, 6.07) is 12.3. The highest BCUT2D eigenvalue weighted by Gasteiger charge is 2.06. The van der Waals surface area contributed by atoms with Gasteiger partial charge < -0.3 is 4.98 Å². The molecule has 13 heavy (non-hydrogen) atoms. The van der Waals surface area contributed by atoms with Crippen molar-refractivity contribution in [3.05, 3.63) is 36.0 Å². The fourth-order valence-corrected chi connectivity index (χ4v) is 1.40. The fraction of sp³-hybridized carbons (Fsp3) is 0.182. The monoisotopic (exact) mass is 170 g/mol. The predicted octanol–water partition coefficient (Wildman–Crippen LogP) is 2.79. The number of hydrogen-bond donors (Lipinski definition) is 1. The summed E-state index contributed by atoms with van der Waals surface area (Å²) in [5.41, 5.74) is 2.09. The number of H-pyrrole nitrogens is 1. The number of nitriles is 1. The van der Waals surface area contributed by atoms with Crippen molar-refractivity contribution in [1.82, 2.24) is 4.98 Å². The molecule has 2 nitrogen and oxygen atoms in total. The third-order valence-electron chi connectivity index (χ3n) is 2.21. The molecule has 0 unspecified atom stereocenters. The molecule has 2 rings (SSSR count). The van der Waals surface area contributed by atoms with Gasteiger partial charge in [-0.3, -0.25) is 0 Å². The van der Waals surface area contributed by atoms with E-state index in [0.717, 1.165) is 11.2 Å². The fourth-order valence-electron chi connectivity index (χ4n) is 1.40. The molecule has 1 aromatic carbocycles. The van der Waals surface area contributed by atoms with Crippen LogP contribution in [0.25, 0.3) is 10.9 Å². The van der Waals surface area contributed by atoms with Crippen LogP contribution in [0.3, 0.4) is 0 Å². The van der Waals surface area contributed by atoms with Crippen LogP contribution in [-0.4, -0.2) is 4.98 Å². The lowest BCUT2D eigenvalue weighted by molar-refractivity contribution is 0.941. The minimum absolute atomic E-state index is 0.0626. The van der Waals surface area contributed by atoms with Crippen LogP contribution >= 0.6 is 0 Å². The molecule has 64 valence electrons. The molecule has 0 bridgehead atoms. The highest BCUT2D eigenvalue weighted by molar-refractivity contribution is 5.80.